The van der Waals surface area contributed by atoms with Gasteiger partial charge in [-0.2, -0.15) is 0 Å². The van der Waals surface area contributed by atoms with Crippen molar-refractivity contribution in [2.75, 3.05) is 42.3 Å². The van der Waals surface area contributed by atoms with Gasteiger partial charge in [0.05, 0.1) is 29.6 Å². The molecule has 1 aliphatic rings. The van der Waals surface area contributed by atoms with Gasteiger partial charge in [0, 0.05) is 36.3 Å². The molecule has 1 saturated heterocycles. The molecule has 3 N–H and O–H groups in total. The molecule has 1 fully saturated rings. The molecule has 2 heterocycles. The Hall–Kier alpha value is -3.10. The summed E-state index contributed by atoms with van der Waals surface area (Å²) >= 11 is 1.65. The molecule has 3 aromatic rings. The highest BCUT2D eigenvalue weighted by molar-refractivity contribution is 7.98. The van der Waals surface area contributed by atoms with Gasteiger partial charge in [0.2, 0.25) is 0 Å². The predicted molar refractivity (Wildman–Crippen MR) is 122 cm³/mol. The Labute approximate surface area is 184 Å². The van der Waals surface area contributed by atoms with E-state index in [1.54, 1.807) is 23.9 Å². The summed E-state index contributed by atoms with van der Waals surface area (Å²) in [6.07, 6.45) is 1.84. The third-order valence-electron chi connectivity index (χ3n) is 4.96. The van der Waals surface area contributed by atoms with E-state index in [-0.39, 0.29) is 11.6 Å². The second-order valence-corrected chi connectivity index (χ2v) is 8.12. The minimum atomic E-state index is -0.442. The minimum absolute atomic E-state index is 0.188. The molecule has 0 unspecified atom stereocenters. The maximum atomic E-state index is 13.2. The average molecular weight is 439 g/mol. The van der Waals surface area contributed by atoms with Gasteiger partial charge in [0.1, 0.15) is 5.82 Å². The van der Waals surface area contributed by atoms with Gasteiger partial charge in [-0.25, -0.2) is 9.37 Å². The Morgan fingerprint density at radius 1 is 1.13 bits per heavy atom. The third kappa shape index (κ3) is 5.53. The van der Waals surface area contributed by atoms with Crippen molar-refractivity contribution in [3.63, 3.8) is 0 Å². The van der Waals surface area contributed by atoms with Gasteiger partial charge >= 0.3 is 0 Å². The highest BCUT2D eigenvalue weighted by atomic mass is 32.2. The zero-order chi connectivity index (χ0) is 21.6. The topological polar surface area (TPSA) is 80.5 Å². The number of aromatic nitrogens is 1. The number of nitrogens with zero attached hydrogens (tertiary/aromatic N) is 2. The summed E-state index contributed by atoms with van der Waals surface area (Å²) in [4.78, 5) is 19.2. The first-order valence-corrected chi connectivity index (χ1v) is 10.9. The number of anilines is 3. The van der Waals surface area contributed by atoms with Crippen LogP contribution >= 0.6 is 11.8 Å². The zero-order valence-corrected chi connectivity index (χ0v) is 17.7. The van der Waals surface area contributed by atoms with E-state index in [1.807, 2.05) is 24.4 Å². The molecular weight excluding hydrogens is 415 g/mol. The van der Waals surface area contributed by atoms with Gasteiger partial charge in [0.25, 0.3) is 5.91 Å². The van der Waals surface area contributed by atoms with Crippen molar-refractivity contribution in [2.24, 2.45) is 0 Å². The van der Waals surface area contributed by atoms with Crippen LogP contribution < -0.4 is 16.0 Å². The molecule has 1 aliphatic heterocycles. The van der Waals surface area contributed by atoms with E-state index in [4.69, 9.17) is 10.5 Å². The molecule has 160 valence electrons. The van der Waals surface area contributed by atoms with Gasteiger partial charge in [-0.3, -0.25) is 4.79 Å². The summed E-state index contributed by atoms with van der Waals surface area (Å²) in [5.74, 6) is 0.00606. The highest BCUT2D eigenvalue weighted by Gasteiger charge is 2.12. The summed E-state index contributed by atoms with van der Waals surface area (Å²) in [6.45, 7) is 3.28. The van der Waals surface area contributed by atoms with E-state index < -0.39 is 5.82 Å². The molecule has 8 heteroatoms. The van der Waals surface area contributed by atoms with Crippen molar-refractivity contribution in [3.8, 4) is 0 Å². The summed E-state index contributed by atoms with van der Waals surface area (Å²) in [7, 11) is 0. The zero-order valence-electron chi connectivity index (χ0n) is 16.9. The maximum Gasteiger partial charge on any atom is 0.255 e. The number of nitrogen functional groups attached to an aromatic ring is 1. The van der Waals surface area contributed by atoms with Crippen LogP contribution in [0.3, 0.4) is 0 Å². The molecule has 1 amide bonds. The fourth-order valence-corrected chi connectivity index (χ4v) is 4.09. The number of nitrogens with two attached hydrogens (primary N) is 1. The molecule has 1 aromatic heterocycles. The lowest BCUT2D eigenvalue weighted by Gasteiger charge is -2.28. The standard InChI is InChI=1S/C23H23FN4O2S/c24-18-5-6-21(20(25)13-18)27-23(29)17-3-1-16(2-4-17)15-31-22-14-19(7-8-26-22)28-9-11-30-12-10-28/h1-8,13-14H,9-12,15,25H2,(H,27,29). The summed E-state index contributed by atoms with van der Waals surface area (Å²) in [6, 6.07) is 15.4. The number of hydrogen-bond donors (Lipinski definition) is 2. The molecule has 6 nitrogen and oxygen atoms in total. The fourth-order valence-electron chi connectivity index (χ4n) is 3.25. The largest absolute Gasteiger partial charge is 0.397 e. The van der Waals surface area contributed by atoms with Gasteiger partial charge in [-0.15, -0.1) is 11.8 Å². The number of pyridine rings is 1. The summed E-state index contributed by atoms with van der Waals surface area (Å²) in [5.41, 5.74) is 9.08. The van der Waals surface area contributed by atoms with E-state index in [9.17, 15) is 9.18 Å². The lowest BCUT2D eigenvalue weighted by Crippen LogP contribution is -2.36. The normalized spacial score (nSPS) is 13.8. The van der Waals surface area contributed by atoms with Crippen molar-refractivity contribution >= 4 is 34.7 Å². The number of hydrogen-bond acceptors (Lipinski definition) is 6. The smallest absolute Gasteiger partial charge is 0.255 e. The molecule has 0 spiro atoms. The van der Waals surface area contributed by atoms with E-state index >= 15 is 0 Å². The van der Waals surface area contributed by atoms with Gasteiger partial charge < -0.3 is 20.7 Å². The Morgan fingerprint density at radius 2 is 1.90 bits per heavy atom. The van der Waals surface area contributed by atoms with Crippen molar-refractivity contribution < 1.29 is 13.9 Å². The minimum Gasteiger partial charge on any atom is -0.397 e. The molecule has 2 aromatic carbocycles. The second-order valence-electron chi connectivity index (χ2n) is 7.12. The number of carbonyl (C=O) groups excluding carboxylic acids is 1. The van der Waals surface area contributed by atoms with Gasteiger partial charge in [0.15, 0.2) is 0 Å². The van der Waals surface area contributed by atoms with Crippen LogP contribution in [-0.4, -0.2) is 37.2 Å². The lowest BCUT2D eigenvalue weighted by atomic mass is 10.1. The average Bonchev–Trinajstić information content (AvgIpc) is 2.80. The lowest BCUT2D eigenvalue weighted by molar-refractivity contribution is 0.102. The maximum absolute atomic E-state index is 13.2. The first kappa shape index (κ1) is 21.1. The van der Waals surface area contributed by atoms with Crippen LogP contribution in [0.1, 0.15) is 15.9 Å². The number of amides is 1. The van der Waals surface area contributed by atoms with Crippen LogP contribution in [-0.2, 0) is 10.5 Å². The number of ether oxygens (including phenoxy) is 1. The van der Waals surface area contributed by atoms with Gasteiger partial charge in [-0.05, 0) is 48.0 Å². The first-order valence-electron chi connectivity index (χ1n) is 9.95. The Bertz CT molecular complexity index is 1060. The van der Waals surface area contributed by atoms with Crippen LogP contribution in [0.15, 0.2) is 65.8 Å². The van der Waals surface area contributed by atoms with Crippen molar-refractivity contribution in [2.45, 2.75) is 10.8 Å². The number of nitrogens with one attached hydrogen (secondary N) is 1. The quantitative estimate of drug-likeness (QED) is 0.444. The number of rotatable bonds is 6. The molecular formula is C23H23FN4O2S. The molecule has 0 aliphatic carbocycles. The molecule has 31 heavy (non-hydrogen) atoms. The molecule has 0 bridgehead atoms. The van der Waals surface area contributed by atoms with Crippen molar-refractivity contribution in [1.82, 2.24) is 4.98 Å². The van der Waals surface area contributed by atoms with E-state index in [2.05, 4.69) is 21.3 Å². The number of halogens is 1. The number of thioether (sulfide) groups is 1. The Morgan fingerprint density at radius 3 is 2.65 bits per heavy atom. The Balaban J connectivity index is 1.35. The Kier molecular flexibility index (Phi) is 6.69. The van der Waals surface area contributed by atoms with Crippen LogP contribution in [0.4, 0.5) is 21.5 Å². The van der Waals surface area contributed by atoms with E-state index in [0.29, 0.717) is 11.3 Å². The number of benzene rings is 2. The second kappa shape index (κ2) is 9.80. The SMILES string of the molecule is Nc1cc(F)ccc1NC(=O)c1ccc(CSc2cc(N3CCOCC3)ccn2)cc1. The number of carbonyl (C=O) groups is 1. The molecule has 0 atom stereocenters. The highest BCUT2D eigenvalue weighted by Crippen LogP contribution is 2.26. The third-order valence-corrected chi connectivity index (χ3v) is 5.96. The van der Waals surface area contributed by atoms with Crippen LogP contribution in [0.2, 0.25) is 0 Å². The molecule has 0 saturated carbocycles. The first-order chi connectivity index (χ1) is 15.1. The van der Waals surface area contributed by atoms with E-state index in [0.717, 1.165) is 48.3 Å². The monoisotopic (exact) mass is 438 g/mol. The van der Waals surface area contributed by atoms with Crippen molar-refractivity contribution in [1.29, 1.82) is 0 Å². The summed E-state index contributed by atoms with van der Waals surface area (Å²) in [5, 5.41) is 3.67. The van der Waals surface area contributed by atoms with Crippen LogP contribution in [0, 0.1) is 5.82 Å². The van der Waals surface area contributed by atoms with Crippen LogP contribution in [0.25, 0.3) is 0 Å². The number of morpholine rings is 1. The van der Waals surface area contributed by atoms with Gasteiger partial charge in [-0.1, -0.05) is 12.1 Å². The molecule has 4 rings (SSSR count). The predicted octanol–water partition coefficient (Wildman–Crippen LogP) is 4.18. The van der Waals surface area contributed by atoms with Crippen LogP contribution in [0.5, 0.6) is 0 Å². The summed E-state index contributed by atoms with van der Waals surface area (Å²) < 4.78 is 18.6. The molecule has 0 radical (unpaired) electrons. The van der Waals surface area contributed by atoms with Crippen molar-refractivity contribution in [3.05, 3.63) is 77.7 Å². The van der Waals surface area contributed by atoms with E-state index in [1.165, 1.54) is 18.2 Å². The fraction of sp³-hybridized carbons (Fsp3) is 0.217.